The van der Waals surface area contributed by atoms with E-state index >= 15 is 0 Å². The van der Waals surface area contributed by atoms with Crippen LogP contribution in [0.5, 0.6) is 5.75 Å². The average molecular weight is 349 g/mol. The monoisotopic (exact) mass is 349 g/mol. The van der Waals surface area contributed by atoms with Crippen molar-refractivity contribution < 1.29 is 13.9 Å². The molecule has 1 amide bonds. The molecule has 4 rings (SSSR count). The lowest BCUT2D eigenvalue weighted by atomic mass is 9.98. The molecule has 1 aromatic heterocycles. The van der Waals surface area contributed by atoms with Crippen molar-refractivity contribution in [3.05, 3.63) is 75.6 Å². The fourth-order valence-corrected chi connectivity index (χ4v) is 3.57. The van der Waals surface area contributed by atoms with Gasteiger partial charge >= 0.3 is 0 Å². The van der Waals surface area contributed by atoms with E-state index in [1.54, 1.807) is 36.3 Å². The van der Waals surface area contributed by atoms with E-state index < -0.39 is 6.04 Å². The SMILES string of the molecule is CCCN1C(=O)c2oc3ccccc3c(=O)c2[C@H]1c1ccc(OC)cc1. The van der Waals surface area contributed by atoms with Crippen molar-refractivity contribution in [2.24, 2.45) is 0 Å². The minimum absolute atomic E-state index is 0.144. The molecule has 0 bridgehead atoms. The van der Waals surface area contributed by atoms with Gasteiger partial charge in [-0.15, -0.1) is 0 Å². The lowest BCUT2D eigenvalue weighted by Gasteiger charge is -2.24. The van der Waals surface area contributed by atoms with E-state index in [-0.39, 0.29) is 17.1 Å². The zero-order valence-electron chi connectivity index (χ0n) is 14.7. The minimum atomic E-state index is -0.441. The molecule has 5 heteroatoms. The first-order chi connectivity index (χ1) is 12.7. The van der Waals surface area contributed by atoms with Crippen molar-refractivity contribution in [2.45, 2.75) is 19.4 Å². The molecule has 3 aromatic rings. The topological polar surface area (TPSA) is 59.8 Å². The van der Waals surface area contributed by atoms with Crippen LogP contribution in [0, 0.1) is 0 Å². The third-order valence-electron chi connectivity index (χ3n) is 4.77. The second kappa shape index (κ2) is 6.33. The lowest BCUT2D eigenvalue weighted by Crippen LogP contribution is -2.30. The highest BCUT2D eigenvalue weighted by Crippen LogP contribution is 2.38. The number of hydrogen-bond acceptors (Lipinski definition) is 4. The molecule has 0 spiro atoms. The Labute approximate surface area is 150 Å². The first kappa shape index (κ1) is 16.4. The number of rotatable bonds is 4. The zero-order valence-corrected chi connectivity index (χ0v) is 14.7. The van der Waals surface area contributed by atoms with E-state index in [1.807, 2.05) is 31.2 Å². The van der Waals surface area contributed by atoms with E-state index in [0.29, 0.717) is 23.1 Å². The van der Waals surface area contributed by atoms with Crippen LogP contribution < -0.4 is 10.2 Å². The summed E-state index contributed by atoms with van der Waals surface area (Å²) in [5.74, 6) is 0.652. The number of amides is 1. The molecule has 2 heterocycles. The van der Waals surface area contributed by atoms with Gasteiger partial charge in [0.1, 0.15) is 11.3 Å². The average Bonchev–Trinajstić information content (AvgIpc) is 2.95. The molecular weight excluding hydrogens is 330 g/mol. The van der Waals surface area contributed by atoms with Crippen LogP contribution in [0.25, 0.3) is 11.0 Å². The summed E-state index contributed by atoms with van der Waals surface area (Å²) in [6.07, 6.45) is 0.792. The molecule has 5 nitrogen and oxygen atoms in total. The van der Waals surface area contributed by atoms with Gasteiger partial charge < -0.3 is 14.1 Å². The predicted molar refractivity (Wildman–Crippen MR) is 98.6 cm³/mol. The summed E-state index contributed by atoms with van der Waals surface area (Å²) in [6, 6.07) is 14.1. The maximum absolute atomic E-state index is 13.2. The van der Waals surface area contributed by atoms with Gasteiger partial charge in [-0.1, -0.05) is 31.2 Å². The lowest BCUT2D eigenvalue weighted by molar-refractivity contribution is 0.0728. The molecule has 1 aliphatic heterocycles. The number of carbonyl (C=O) groups excluding carboxylic acids is 1. The summed E-state index contributed by atoms with van der Waals surface area (Å²) < 4.78 is 11.1. The van der Waals surface area contributed by atoms with Crippen LogP contribution in [-0.4, -0.2) is 24.5 Å². The van der Waals surface area contributed by atoms with Crippen molar-refractivity contribution >= 4 is 16.9 Å². The number of fused-ring (bicyclic) bond motifs is 2. The van der Waals surface area contributed by atoms with Crippen molar-refractivity contribution in [1.82, 2.24) is 4.90 Å². The number of methoxy groups -OCH3 is 1. The summed E-state index contributed by atoms with van der Waals surface area (Å²) in [5, 5.41) is 0.496. The van der Waals surface area contributed by atoms with Crippen LogP contribution in [0.4, 0.5) is 0 Å². The molecule has 0 unspecified atom stereocenters. The van der Waals surface area contributed by atoms with Gasteiger partial charge in [0.2, 0.25) is 5.76 Å². The van der Waals surface area contributed by atoms with Gasteiger partial charge in [0.25, 0.3) is 5.91 Å². The second-order valence-electron chi connectivity index (χ2n) is 6.34. The molecule has 0 saturated carbocycles. The molecule has 0 aliphatic carbocycles. The smallest absolute Gasteiger partial charge is 0.290 e. The van der Waals surface area contributed by atoms with Crippen molar-refractivity contribution in [3.8, 4) is 5.75 Å². The molecular formula is C21H19NO4. The van der Waals surface area contributed by atoms with E-state index in [9.17, 15) is 9.59 Å². The fourth-order valence-electron chi connectivity index (χ4n) is 3.57. The largest absolute Gasteiger partial charge is 0.497 e. The molecule has 26 heavy (non-hydrogen) atoms. The standard InChI is InChI=1S/C21H19NO4/c1-3-12-22-18(13-8-10-14(25-2)11-9-13)17-19(23)15-6-4-5-7-16(15)26-20(17)21(22)24/h4-11,18H,3,12H2,1-2H3/t18-/m1/s1. The summed E-state index contributed by atoms with van der Waals surface area (Å²) in [4.78, 5) is 27.8. The number of hydrogen-bond donors (Lipinski definition) is 0. The summed E-state index contributed by atoms with van der Waals surface area (Å²) in [7, 11) is 1.60. The molecule has 1 atom stereocenters. The normalized spacial score (nSPS) is 16.2. The van der Waals surface area contributed by atoms with Crippen LogP contribution in [0.1, 0.15) is 41.1 Å². The number of ether oxygens (including phenoxy) is 1. The zero-order chi connectivity index (χ0) is 18.3. The highest BCUT2D eigenvalue weighted by Gasteiger charge is 2.42. The van der Waals surface area contributed by atoms with Crippen molar-refractivity contribution in [3.63, 3.8) is 0 Å². The van der Waals surface area contributed by atoms with Gasteiger partial charge in [-0.2, -0.15) is 0 Å². The molecule has 1 aliphatic rings. The molecule has 0 radical (unpaired) electrons. The first-order valence-corrected chi connectivity index (χ1v) is 8.66. The Bertz CT molecular complexity index is 1040. The number of carbonyl (C=O) groups is 1. The van der Waals surface area contributed by atoms with Crippen LogP contribution in [0.2, 0.25) is 0 Å². The number of benzene rings is 2. The Morgan fingerprint density at radius 3 is 2.50 bits per heavy atom. The van der Waals surface area contributed by atoms with Gasteiger partial charge in [0.15, 0.2) is 5.43 Å². The summed E-state index contributed by atoms with van der Waals surface area (Å²) in [5.41, 5.74) is 1.59. The van der Waals surface area contributed by atoms with Gasteiger partial charge in [-0.3, -0.25) is 9.59 Å². The predicted octanol–water partition coefficient (Wildman–Crippen LogP) is 3.76. The van der Waals surface area contributed by atoms with Gasteiger partial charge in [0, 0.05) is 6.54 Å². The van der Waals surface area contributed by atoms with Crippen LogP contribution >= 0.6 is 0 Å². The van der Waals surface area contributed by atoms with Gasteiger partial charge in [0.05, 0.1) is 24.1 Å². The molecule has 132 valence electrons. The van der Waals surface area contributed by atoms with E-state index in [2.05, 4.69) is 0 Å². The van der Waals surface area contributed by atoms with Gasteiger partial charge in [-0.25, -0.2) is 0 Å². The first-order valence-electron chi connectivity index (χ1n) is 8.66. The third kappa shape index (κ3) is 2.39. The number of nitrogens with zero attached hydrogens (tertiary/aromatic N) is 1. The maximum atomic E-state index is 13.2. The second-order valence-corrected chi connectivity index (χ2v) is 6.34. The Balaban J connectivity index is 1.96. The molecule has 2 aromatic carbocycles. The van der Waals surface area contributed by atoms with E-state index in [1.165, 1.54) is 0 Å². The number of para-hydroxylation sites is 1. The highest BCUT2D eigenvalue weighted by molar-refractivity contribution is 5.99. The highest BCUT2D eigenvalue weighted by atomic mass is 16.5. The van der Waals surface area contributed by atoms with Crippen molar-refractivity contribution in [1.29, 1.82) is 0 Å². The Kier molecular flexibility index (Phi) is 3.99. The fraction of sp³-hybridized carbons (Fsp3) is 0.238. The Morgan fingerprint density at radius 2 is 1.81 bits per heavy atom. The van der Waals surface area contributed by atoms with E-state index in [0.717, 1.165) is 17.7 Å². The van der Waals surface area contributed by atoms with Crippen molar-refractivity contribution in [2.75, 3.05) is 13.7 Å². The third-order valence-corrected chi connectivity index (χ3v) is 4.77. The quantitative estimate of drug-likeness (QED) is 0.720. The minimum Gasteiger partial charge on any atom is -0.497 e. The summed E-state index contributed by atoms with van der Waals surface area (Å²) >= 11 is 0. The van der Waals surface area contributed by atoms with Gasteiger partial charge in [-0.05, 0) is 36.2 Å². The maximum Gasteiger partial charge on any atom is 0.290 e. The van der Waals surface area contributed by atoms with E-state index in [4.69, 9.17) is 9.15 Å². The Morgan fingerprint density at radius 1 is 1.08 bits per heavy atom. The molecule has 0 fully saturated rings. The van der Waals surface area contributed by atoms with Crippen LogP contribution in [-0.2, 0) is 0 Å². The molecule has 0 saturated heterocycles. The molecule has 0 N–H and O–H groups in total. The Hall–Kier alpha value is -3.08. The van der Waals surface area contributed by atoms with Crippen LogP contribution in [0.15, 0.2) is 57.7 Å². The summed E-state index contributed by atoms with van der Waals surface area (Å²) in [6.45, 7) is 2.56. The van der Waals surface area contributed by atoms with Crippen LogP contribution in [0.3, 0.4) is 0 Å².